The van der Waals surface area contributed by atoms with Gasteiger partial charge in [0, 0.05) is 24.8 Å². The lowest BCUT2D eigenvalue weighted by Crippen LogP contribution is -2.40. The van der Waals surface area contributed by atoms with E-state index in [4.69, 9.17) is 0 Å². The highest BCUT2D eigenvalue weighted by molar-refractivity contribution is 5.35. The van der Waals surface area contributed by atoms with E-state index in [1.807, 2.05) is 4.90 Å². The maximum absolute atomic E-state index is 12.7. The summed E-state index contributed by atoms with van der Waals surface area (Å²) in [6.07, 6.45) is 0.967. The Morgan fingerprint density at radius 1 is 1.30 bits per heavy atom. The molecule has 0 amide bonds. The predicted octanol–water partition coefficient (Wildman–Crippen LogP) is 2.22. The Morgan fingerprint density at radius 3 is 2.70 bits per heavy atom. The maximum atomic E-state index is 12.7. The monoisotopic (exact) mass is 286 g/mol. The molecular formula is C13H17F3N4. The number of alkyl halides is 3. The lowest BCUT2D eigenvalue weighted by molar-refractivity contribution is -0.141. The summed E-state index contributed by atoms with van der Waals surface area (Å²) in [4.78, 5) is 9.68. The molecule has 1 saturated carbocycles. The molecule has 110 valence electrons. The normalized spacial score (nSPS) is 23.1. The van der Waals surface area contributed by atoms with Crippen molar-refractivity contribution >= 4 is 5.95 Å². The lowest BCUT2D eigenvalue weighted by atomic mass is 10.2. The largest absolute Gasteiger partial charge is 0.433 e. The average Bonchev–Trinajstić information content (AvgIpc) is 3.12. The van der Waals surface area contributed by atoms with E-state index in [-0.39, 0.29) is 5.95 Å². The van der Waals surface area contributed by atoms with Crippen LogP contribution in [0.5, 0.6) is 0 Å². The number of hydrogen-bond acceptors (Lipinski definition) is 4. The Bertz CT molecular complexity index is 467. The van der Waals surface area contributed by atoms with Crippen molar-refractivity contribution in [1.82, 2.24) is 15.3 Å². The molecule has 1 N–H and O–H groups in total. The molecule has 1 atom stereocenters. The zero-order valence-corrected chi connectivity index (χ0v) is 11.0. The van der Waals surface area contributed by atoms with E-state index in [1.165, 1.54) is 6.20 Å². The number of rotatable bonds is 4. The van der Waals surface area contributed by atoms with Gasteiger partial charge < -0.3 is 10.2 Å². The summed E-state index contributed by atoms with van der Waals surface area (Å²) in [5, 5.41) is 3.36. The number of hydrogen-bond donors (Lipinski definition) is 1. The van der Waals surface area contributed by atoms with Crippen LogP contribution in [0.15, 0.2) is 12.3 Å². The van der Waals surface area contributed by atoms with Gasteiger partial charge in [-0.3, -0.25) is 0 Å². The third-order valence-corrected chi connectivity index (χ3v) is 3.76. The highest BCUT2D eigenvalue weighted by Crippen LogP contribution is 2.33. The summed E-state index contributed by atoms with van der Waals surface area (Å²) in [6, 6.07) is 1.54. The third-order valence-electron chi connectivity index (χ3n) is 3.76. The standard InChI is InChI=1S/C13H17F3N4/c14-13(15,16)11-5-7-18-12(19-11)20(10-3-4-10)8-9-2-1-6-17-9/h5,7,9-10,17H,1-4,6,8H2. The molecule has 20 heavy (non-hydrogen) atoms. The fraction of sp³-hybridized carbons (Fsp3) is 0.692. The van der Waals surface area contributed by atoms with Gasteiger partial charge in [0.1, 0.15) is 5.69 Å². The topological polar surface area (TPSA) is 41.1 Å². The Labute approximate surface area is 115 Å². The Morgan fingerprint density at radius 2 is 2.10 bits per heavy atom. The molecule has 2 fully saturated rings. The first-order valence-corrected chi connectivity index (χ1v) is 6.94. The quantitative estimate of drug-likeness (QED) is 0.921. The molecule has 0 radical (unpaired) electrons. The molecule has 1 unspecified atom stereocenters. The van der Waals surface area contributed by atoms with Crippen molar-refractivity contribution < 1.29 is 13.2 Å². The van der Waals surface area contributed by atoms with Gasteiger partial charge in [0.05, 0.1) is 0 Å². The number of nitrogens with zero attached hydrogens (tertiary/aromatic N) is 3. The van der Waals surface area contributed by atoms with Crippen LogP contribution in [-0.4, -0.2) is 35.1 Å². The third kappa shape index (κ3) is 3.03. The highest BCUT2D eigenvalue weighted by Gasteiger charge is 2.36. The van der Waals surface area contributed by atoms with Gasteiger partial charge in [0.25, 0.3) is 0 Å². The highest BCUT2D eigenvalue weighted by atomic mass is 19.4. The molecule has 1 aliphatic carbocycles. The molecule has 0 aromatic carbocycles. The van der Waals surface area contributed by atoms with Crippen LogP contribution in [-0.2, 0) is 6.18 Å². The average molecular weight is 286 g/mol. The summed E-state index contributed by atoms with van der Waals surface area (Å²) >= 11 is 0. The van der Waals surface area contributed by atoms with Crippen LogP contribution in [0.4, 0.5) is 19.1 Å². The number of nitrogens with one attached hydrogen (secondary N) is 1. The van der Waals surface area contributed by atoms with Gasteiger partial charge in [-0.25, -0.2) is 9.97 Å². The van der Waals surface area contributed by atoms with Gasteiger partial charge in [0.2, 0.25) is 5.95 Å². The first kappa shape index (κ1) is 13.6. The predicted molar refractivity (Wildman–Crippen MR) is 68.4 cm³/mol. The first-order valence-electron chi connectivity index (χ1n) is 6.94. The van der Waals surface area contributed by atoms with Crippen LogP contribution in [0, 0.1) is 0 Å². The van der Waals surface area contributed by atoms with Crippen molar-refractivity contribution in [1.29, 1.82) is 0 Å². The summed E-state index contributed by atoms with van der Waals surface area (Å²) in [5.74, 6) is 0.205. The SMILES string of the molecule is FC(F)(F)c1ccnc(N(CC2CCCN2)C2CC2)n1. The zero-order valence-electron chi connectivity index (χ0n) is 11.0. The maximum Gasteiger partial charge on any atom is 0.433 e. The molecule has 7 heteroatoms. The second-order valence-electron chi connectivity index (χ2n) is 5.42. The fourth-order valence-corrected chi connectivity index (χ4v) is 2.57. The van der Waals surface area contributed by atoms with Crippen molar-refractivity contribution in [2.24, 2.45) is 0 Å². The smallest absolute Gasteiger partial charge is 0.336 e. The van der Waals surface area contributed by atoms with Crippen LogP contribution < -0.4 is 10.2 Å². The minimum absolute atomic E-state index is 0.205. The molecule has 0 spiro atoms. The summed E-state index contributed by atoms with van der Waals surface area (Å²) in [6.45, 7) is 1.67. The van der Waals surface area contributed by atoms with Crippen LogP contribution in [0.2, 0.25) is 0 Å². The number of anilines is 1. The molecule has 2 aliphatic rings. The van der Waals surface area contributed by atoms with E-state index < -0.39 is 11.9 Å². The molecule has 1 aromatic rings. The van der Waals surface area contributed by atoms with E-state index in [0.29, 0.717) is 18.6 Å². The molecule has 2 heterocycles. The Balaban J connectivity index is 1.80. The van der Waals surface area contributed by atoms with Crippen LogP contribution in [0.25, 0.3) is 0 Å². The van der Waals surface area contributed by atoms with Gasteiger partial charge >= 0.3 is 6.18 Å². The van der Waals surface area contributed by atoms with Crippen molar-refractivity contribution in [3.8, 4) is 0 Å². The van der Waals surface area contributed by atoms with E-state index in [1.54, 1.807) is 0 Å². The molecule has 0 bridgehead atoms. The molecule has 1 saturated heterocycles. The van der Waals surface area contributed by atoms with Crippen LogP contribution >= 0.6 is 0 Å². The molecule has 1 aromatic heterocycles. The minimum Gasteiger partial charge on any atom is -0.336 e. The minimum atomic E-state index is -4.42. The number of halogens is 3. The van der Waals surface area contributed by atoms with Crippen LogP contribution in [0.3, 0.4) is 0 Å². The van der Waals surface area contributed by atoms with Gasteiger partial charge in [-0.1, -0.05) is 0 Å². The van der Waals surface area contributed by atoms with Crippen molar-refractivity contribution in [2.75, 3.05) is 18.0 Å². The van der Waals surface area contributed by atoms with E-state index in [0.717, 1.165) is 38.3 Å². The first-order chi connectivity index (χ1) is 9.54. The zero-order chi connectivity index (χ0) is 14.2. The molecule has 3 rings (SSSR count). The number of aromatic nitrogens is 2. The van der Waals surface area contributed by atoms with Crippen molar-refractivity contribution in [2.45, 2.75) is 43.9 Å². The van der Waals surface area contributed by atoms with E-state index >= 15 is 0 Å². The van der Waals surface area contributed by atoms with Crippen molar-refractivity contribution in [3.05, 3.63) is 18.0 Å². The molecule has 4 nitrogen and oxygen atoms in total. The fourth-order valence-electron chi connectivity index (χ4n) is 2.57. The van der Waals surface area contributed by atoms with E-state index in [2.05, 4.69) is 15.3 Å². The van der Waals surface area contributed by atoms with E-state index in [9.17, 15) is 13.2 Å². The van der Waals surface area contributed by atoms with Crippen molar-refractivity contribution in [3.63, 3.8) is 0 Å². The van der Waals surface area contributed by atoms with Gasteiger partial charge in [-0.05, 0) is 38.3 Å². The van der Waals surface area contributed by atoms with Gasteiger partial charge in [-0.2, -0.15) is 13.2 Å². The Kier molecular flexibility index (Phi) is 3.54. The lowest BCUT2D eigenvalue weighted by Gasteiger charge is -2.26. The van der Waals surface area contributed by atoms with Crippen LogP contribution in [0.1, 0.15) is 31.4 Å². The summed E-state index contributed by atoms with van der Waals surface area (Å²) in [7, 11) is 0. The van der Waals surface area contributed by atoms with Gasteiger partial charge in [0.15, 0.2) is 0 Å². The second kappa shape index (κ2) is 5.20. The summed E-state index contributed by atoms with van der Waals surface area (Å²) < 4.78 is 38.2. The molecule has 1 aliphatic heterocycles. The summed E-state index contributed by atoms with van der Waals surface area (Å²) in [5.41, 5.74) is -0.868. The molecular weight excluding hydrogens is 269 g/mol. The Hall–Kier alpha value is -1.37. The van der Waals surface area contributed by atoms with Gasteiger partial charge in [-0.15, -0.1) is 0 Å². The second-order valence-corrected chi connectivity index (χ2v) is 5.42.